The summed E-state index contributed by atoms with van der Waals surface area (Å²) in [6, 6.07) is 66.2. The minimum atomic E-state index is -0.205. The SMILES string of the molecule is C=CCOc1cc(C)c(C(c2cc(C)c(OCC=C)cc2C)c2cc(Cc3ccc(OCC=C)c(C(c4cc(C)c(OCC=C)cc4C)c4cc(C)c(OCCC)cc4C)c3)ccc2OCC=C)cc1C.C=CCOc1ccc(C2(c3ccc(OCC=C)cc3)CCC(C(C)(C)C3CCC(c4ccc(OCC=C)cc4)(c4ccc(OCC=C)cc4)CC3)CC2)cc1. The largest absolute Gasteiger partial charge is 0.493 e. The molecule has 2 aliphatic carbocycles. The number of ether oxygens (including phenoxy) is 10. The molecule has 2 saturated carbocycles. The second kappa shape index (κ2) is 45.1. The van der Waals surface area contributed by atoms with Crippen LogP contribution in [0.15, 0.2) is 296 Å². The lowest BCUT2D eigenvalue weighted by atomic mass is 9.53. The summed E-state index contributed by atoms with van der Waals surface area (Å²) in [5.41, 5.74) is 23.3. The summed E-state index contributed by atoms with van der Waals surface area (Å²) in [5.74, 6) is 9.44. The van der Waals surface area contributed by atoms with Crippen molar-refractivity contribution in [3.8, 4) is 57.5 Å². The van der Waals surface area contributed by atoms with Gasteiger partial charge in [-0.1, -0.05) is 232 Å². The molecule has 2 aliphatic rings. The van der Waals surface area contributed by atoms with Gasteiger partial charge in [-0.05, 0) is 322 Å². The molecular weight excluding hydrogens is 1550 g/mol. The van der Waals surface area contributed by atoms with E-state index in [1.807, 2.05) is 0 Å². The fraction of sp³-hybridized carbons (Fsp3) is 0.328. The molecule has 10 aromatic rings. The Morgan fingerprint density at radius 1 is 0.286 bits per heavy atom. The van der Waals surface area contributed by atoms with E-state index >= 15 is 0 Å². The van der Waals surface area contributed by atoms with Gasteiger partial charge in [0.25, 0.3) is 0 Å². The maximum Gasteiger partial charge on any atom is 0.123 e. The van der Waals surface area contributed by atoms with Crippen LogP contribution >= 0.6 is 0 Å². The smallest absolute Gasteiger partial charge is 0.123 e. The number of aryl methyl sites for hydroxylation is 8. The Hall–Kier alpha value is -12.1. The molecule has 0 aliphatic heterocycles. The number of benzene rings is 10. The molecule has 0 N–H and O–H groups in total. The highest BCUT2D eigenvalue weighted by molar-refractivity contribution is 5.62. The molecule has 2 fully saturated rings. The van der Waals surface area contributed by atoms with Crippen LogP contribution in [0.3, 0.4) is 0 Å². The predicted molar refractivity (Wildman–Crippen MR) is 523 cm³/mol. The number of hydrogen-bond donors (Lipinski definition) is 0. The van der Waals surface area contributed by atoms with Gasteiger partial charge >= 0.3 is 0 Å². The van der Waals surface area contributed by atoms with Gasteiger partial charge < -0.3 is 47.4 Å². The predicted octanol–water partition coefficient (Wildman–Crippen LogP) is 28.3. The zero-order chi connectivity index (χ0) is 89.9. The molecule has 12 rings (SSSR count). The fourth-order valence-electron chi connectivity index (χ4n) is 19.1. The highest BCUT2D eigenvalue weighted by Gasteiger charge is 2.48. The normalized spacial score (nSPS) is 13.9. The van der Waals surface area contributed by atoms with E-state index in [9.17, 15) is 0 Å². The van der Waals surface area contributed by atoms with Gasteiger partial charge in [-0.3, -0.25) is 0 Å². The summed E-state index contributed by atoms with van der Waals surface area (Å²) in [6.07, 6.45) is 26.9. The van der Waals surface area contributed by atoms with Gasteiger partial charge in [0.2, 0.25) is 0 Å². The van der Waals surface area contributed by atoms with Crippen LogP contribution in [0, 0.1) is 72.6 Å². The van der Waals surface area contributed by atoms with E-state index in [-0.39, 0.29) is 28.1 Å². The first kappa shape index (κ1) is 94.5. The van der Waals surface area contributed by atoms with Crippen molar-refractivity contribution in [1.29, 1.82) is 0 Å². The van der Waals surface area contributed by atoms with E-state index in [0.29, 0.717) is 84.3 Å². The molecule has 10 nitrogen and oxygen atoms in total. The molecule has 10 aromatic carbocycles. The molecule has 0 radical (unpaired) electrons. The van der Waals surface area contributed by atoms with Crippen molar-refractivity contribution in [1.82, 2.24) is 0 Å². The van der Waals surface area contributed by atoms with Gasteiger partial charge in [0.05, 0.1) is 6.61 Å². The Balaban J connectivity index is 0.000000252. The van der Waals surface area contributed by atoms with E-state index in [2.05, 4.69) is 317 Å². The van der Waals surface area contributed by atoms with Gasteiger partial charge in [0, 0.05) is 33.8 Å². The van der Waals surface area contributed by atoms with E-state index in [1.54, 1.807) is 54.7 Å². The minimum Gasteiger partial charge on any atom is -0.493 e. The molecule has 658 valence electrons. The third-order valence-electron chi connectivity index (χ3n) is 25.8. The molecule has 126 heavy (non-hydrogen) atoms. The zero-order valence-electron chi connectivity index (χ0n) is 76.9. The van der Waals surface area contributed by atoms with Crippen molar-refractivity contribution in [2.24, 2.45) is 17.3 Å². The second-order valence-electron chi connectivity index (χ2n) is 34.6. The minimum absolute atomic E-state index is 0.0642. The first-order valence-electron chi connectivity index (χ1n) is 44.9. The van der Waals surface area contributed by atoms with Crippen molar-refractivity contribution in [2.75, 3.05) is 66.1 Å². The van der Waals surface area contributed by atoms with Crippen molar-refractivity contribution in [2.45, 2.75) is 163 Å². The molecule has 0 heterocycles. The summed E-state index contributed by atoms with van der Waals surface area (Å²) in [4.78, 5) is 0. The second-order valence-corrected chi connectivity index (χ2v) is 34.6. The molecule has 0 amide bonds. The third kappa shape index (κ3) is 22.7. The first-order chi connectivity index (χ1) is 61.0. The standard InChI is InChI=1S/C65H74O6.C51H60O4/c1-15-25-66-58-23-21-50(40-56(58)64(52-31-46(11)60(35-42(52)7)68-27-17-3)53-32-47(12)61(36-43(53)8)69-28-18-4)39-51-22-24-59(67-26-16-2)57(41-51)65(54-33-48(13)62(37-44(54)9)70-29-19-5)55-34-49(14)63(38-45(55)10)71-30-20-6;1-7-35-52-45-19-11-41(12-20-45)50(42-13-21-46(22-14-42)53-36-8-2)31-27-39(28-32-50)49(5,6)40-29-33-51(34-30-40,43-15-23-47(24-16-43)54-37-9-3)44-17-25-48(26-18-44)55-38-10-4/h15-19,21-24,31-38,40-41,64-65H,1-5,20,25-30,39H2,6-14H3;7-26,39-40H,1-4,27-38H2,5-6H3. The van der Waals surface area contributed by atoms with Crippen LogP contribution in [0.25, 0.3) is 0 Å². The van der Waals surface area contributed by atoms with E-state index in [4.69, 9.17) is 47.4 Å². The Kier molecular flexibility index (Phi) is 33.9. The van der Waals surface area contributed by atoms with Gasteiger partial charge in [-0.15, -0.1) is 0 Å². The maximum absolute atomic E-state index is 6.58. The van der Waals surface area contributed by atoms with Crippen LogP contribution in [0.5, 0.6) is 57.5 Å². The monoisotopic (exact) mass is 1690 g/mol. The molecule has 0 bridgehead atoms. The summed E-state index contributed by atoms with van der Waals surface area (Å²) in [6.45, 7) is 64.0. The Morgan fingerprint density at radius 3 is 0.770 bits per heavy atom. The van der Waals surface area contributed by atoms with Crippen molar-refractivity contribution < 1.29 is 47.4 Å². The van der Waals surface area contributed by atoms with Crippen LogP contribution < -0.4 is 47.4 Å². The third-order valence-corrected chi connectivity index (χ3v) is 25.8. The Morgan fingerprint density at radius 2 is 0.524 bits per heavy atom. The average Bonchev–Trinajstić information content (AvgIpc) is 0.772. The topological polar surface area (TPSA) is 92.3 Å². The lowest BCUT2D eigenvalue weighted by Crippen LogP contribution is -2.43. The van der Waals surface area contributed by atoms with Crippen molar-refractivity contribution in [3.63, 3.8) is 0 Å². The number of rotatable bonds is 44. The van der Waals surface area contributed by atoms with Crippen LogP contribution in [-0.2, 0) is 17.3 Å². The highest BCUT2D eigenvalue weighted by atomic mass is 16.5. The summed E-state index contributed by atoms with van der Waals surface area (Å²) >= 11 is 0. The summed E-state index contributed by atoms with van der Waals surface area (Å²) in [7, 11) is 0. The quantitative estimate of drug-likeness (QED) is 0.0272. The van der Waals surface area contributed by atoms with Gasteiger partial charge in [-0.2, -0.15) is 0 Å². The first-order valence-corrected chi connectivity index (χ1v) is 44.9. The maximum atomic E-state index is 6.58. The van der Waals surface area contributed by atoms with Crippen LogP contribution in [0.2, 0.25) is 0 Å². The fourth-order valence-corrected chi connectivity index (χ4v) is 19.1. The molecule has 10 heteroatoms. The molecular formula is C116H134O10. The van der Waals surface area contributed by atoms with Gasteiger partial charge in [0.1, 0.15) is 117 Å². The zero-order valence-corrected chi connectivity index (χ0v) is 76.9. The van der Waals surface area contributed by atoms with Crippen LogP contribution in [0.4, 0.5) is 0 Å². The van der Waals surface area contributed by atoms with Crippen LogP contribution in [-0.4, -0.2) is 66.1 Å². The van der Waals surface area contributed by atoms with E-state index in [1.165, 1.54) is 59.1 Å². The molecule has 1 unspecified atom stereocenters. The lowest BCUT2D eigenvalue weighted by molar-refractivity contribution is 0.0364. The average molecular weight is 1690 g/mol. The molecule has 1 atom stereocenters. The molecule has 0 spiro atoms. The van der Waals surface area contributed by atoms with Crippen molar-refractivity contribution in [3.05, 3.63) is 407 Å². The highest BCUT2D eigenvalue weighted by Crippen LogP contribution is 2.58. The van der Waals surface area contributed by atoms with Crippen LogP contribution in [0.1, 0.15) is 202 Å². The summed E-state index contributed by atoms with van der Waals surface area (Å²) < 4.78 is 61.3. The Bertz CT molecular complexity index is 5050. The summed E-state index contributed by atoms with van der Waals surface area (Å²) in [5, 5.41) is 0. The van der Waals surface area contributed by atoms with E-state index < -0.39 is 0 Å². The molecule has 0 aromatic heterocycles. The van der Waals surface area contributed by atoms with E-state index in [0.717, 1.165) is 167 Å². The number of hydrogen-bond acceptors (Lipinski definition) is 10. The van der Waals surface area contributed by atoms with Gasteiger partial charge in [0.15, 0.2) is 0 Å². The lowest BCUT2D eigenvalue weighted by Gasteiger charge is -2.51. The Labute approximate surface area is 753 Å². The van der Waals surface area contributed by atoms with Gasteiger partial charge in [-0.25, -0.2) is 0 Å². The molecule has 0 saturated heterocycles. The van der Waals surface area contributed by atoms with Crippen molar-refractivity contribution >= 4 is 0 Å².